The summed E-state index contributed by atoms with van der Waals surface area (Å²) in [5, 5.41) is 10.3. The van der Waals surface area contributed by atoms with Gasteiger partial charge in [-0.1, -0.05) is 0 Å². The van der Waals surface area contributed by atoms with E-state index in [4.69, 9.17) is 0 Å². The second-order valence-corrected chi connectivity index (χ2v) is 10.6. The first-order chi connectivity index (χ1) is 15.8. The molecular formula is C23H23F2N5O2S. The van der Waals surface area contributed by atoms with E-state index in [1.165, 1.54) is 18.3 Å². The number of halogens is 2. The minimum absolute atomic E-state index is 0.0432. The van der Waals surface area contributed by atoms with Crippen molar-refractivity contribution in [2.24, 2.45) is 5.92 Å². The van der Waals surface area contributed by atoms with Gasteiger partial charge < -0.3 is 4.57 Å². The molecule has 7 nitrogen and oxygen atoms in total. The van der Waals surface area contributed by atoms with Crippen LogP contribution in [0.15, 0.2) is 35.5 Å². The van der Waals surface area contributed by atoms with Gasteiger partial charge >= 0.3 is 0 Å². The number of nitrogens with zero attached hydrogens (tertiary/aromatic N) is 4. The molecular weight excluding hydrogens is 448 g/mol. The molecule has 0 saturated heterocycles. The molecule has 0 bridgehead atoms. The lowest BCUT2D eigenvalue weighted by Gasteiger charge is -2.29. The van der Waals surface area contributed by atoms with Gasteiger partial charge in [0.1, 0.15) is 16.6 Å². The number of alkyl halides is 2. The first-order valence-electron chi connectivity index (χ1n) is 11.0. The summed E-state index contributed by atoms with van der Waals surface area (Å²) in [7, 11) is -3.72. The number of fused-ring (bicyclic) bond motifs is 1. The predicted molar refractivity (Wildman–Crippen MR) is 118 cm³/mol. The minimum atomic E-state index is -3.72. The molecule has 2 aliphatic carbocycles. The molecule has 3 aromatic heterocycles. The average molecular weight is 472 g/mol. The van der Waals surface area contributed by atoms with Crippen LogP contribution in [0, 0.1) is 17.2 Å². The summed E-state index contributed by atoms with van der Waals surface area (Å²) in [6, 6.07) is 6.42. The number of aromatic nitrogens is 3. The monoisotopic (exact) mass is 471 g/mol. The third-order valence-corrected chi connectivity index (χ3v) is 8.17. The zero-order valence-corrected chi connectivity index (χ0v) is 18.8. The van der Waals surface area contributed by atoms with Crippen LogP contribution in [-0.2, 0) is 10.0 Å². The first-order valence-corrected chi connectivity index (χ1v) is 12.5. The molecule has 1 N–H and O–H groups in total. The van der Waals surface area contributed by atoms with Crippen molar-refractivity contribution in [1.82, 2.24) is 19.3 Å². The Morgan fingerprint density at radius 2 is 1.94 bits per heavy atom. The SMILES string of the molecule is C[C@H](NS(=O)(=O)c1ccc(-c2c(C#N)c3cc(C(F)F)cnc3n2C2CCC2)nc1)C1CC1. The lowest BCUT2D eigenvalue weighted by atomic mass is 9.92. The first kappa shape index (κ1) is 21.9. The highest BCUT2D eigenvalue weighted by Crippen LogP contribution is 2.42. The van der Waals surface area contributed by atoms with Gasteiger partial charge in [-0.2, -0.15) is 5.26 Å². The summed E-state index contributed by atoms with van der Waals surface area (Å²) in [5.74, 6) is 0.369. The van der Waals surface area contributed by atoms with Crippen molar-refractivity contribution in [3.63, 3.8) is 0 Å². The predicted octanol–water partition coefficient (Wildman–Crippen LogP) is 4.71. The number of pyridine rings is 2. The summed E-state index contributed by atoms with van der Waals surface area (Å²) in [6.07, 6.45) is 4.55. The molecule has 5 rings (SSSR count). The summed E-state index contributed by atoms with van der Waals surface area (Å²) < 4.78 is 56.6. The lowest BCUT2D eigenvalue weighted by molar-refractivity contribution is 0.151. The van der Waals surface area contributed by atoms with Crippen LogP contribution in [0.25, 0.3) is 22.4 Å². The second-order valence-electron chi connectivity index (χ2n) is 8.86. The molecule has 2 fully saturated rings. The number of nitriles is 1. The van der Waals surface area contributed by atoms with Crippen molar-refractivity contribution < 1.29 is 17.2 Å². The fourth-order valence-electron chi connectivity index (χ4n) is 4.37. The van der Waals surface area contributed by atoms with E-state index in [1.54, 1.807) is 6.07 Å². The zero-order valence-electron chi connectivity index (χ0n) is 18.0. The fraction of sp³-hybridized carbons (Fsp3) is 0.435. The van der Waals surface area contributed by atoms with Crippen molar-refractivity contribution in [2.45, 2.75) is 62.4 Å². The Kier molecular flexibility index (Phi) is 5.41. The molecule has 0 unspecified atom stereocenters. The normalized spacial score (nSPS) is 17.8. The van der Waals surface area contributed by atoms with Crippen molar-refractivity contribution in [1.29, 1.82) is 5.26 Å². The van der Waals surface area contributed by atoms with E-state index in [-0.39, 0.29) is 28.1 Å². The molecule has 10 heteroatoms. The summed E-state index contributed by atoms with van der Waals surface area (Å²) in [6.45, 7) is 1.86. The van der Waals surface area contributed by atoms with Gasteiger partial charge in [-0.05, 0) is 63.1 Å². The van der Waals surface area contributed by atoms with Gasteiger partial charge in [-0.3, -0.25) is 4.98 Å². The van der Waals surface area contributed by atoms with Crippen molar-refractivity contribution in [3.05, 3.63) is 41.7 Å². The topological polar surface area (TPSA) is 101 Å². The molecule has 0 amide bonds. The Bertz CT molecular complexity index is 1350. The van der Waals surface area contributed by atoms with Crippen molar-refractivity contribution in [2.75, 3.05) is 0 Å². The molecule has 0 aliphatic heterocycles. The third-order valence-electron chi connectivity index (χ3n) is 6.63. The van der Waals surface area contributed by atoms with Crippen LogP contribution in [0.4, 0.5) is 8.78 Å². The van der Waals surface area contributed by atoms with Crippen LogP contribution in [0.1, 0.15) is 62.6 Å². The van der Waals surface area contributed by atoms with Gasteiger partial charge in [0.25, 0.3) is 6.43 Å². The highest BCUT2D eigenvalue weighted by Gasteiger charge is 2.32. The molecule has 33 heavy (non-hydrogen) atoms. The molecule has 3 aromatic rings. The smallest absolute Gasteiger partial charge is 0.265 e. The Hall–Kier alpha value is -2.90. The number of hydrogen-bond donors (Lipinski definition) is 1. The van der Waals surface area contributed by atoms with Gasteiger partial charge in [0.2, 0.25) is 10.0 Å². The summed E-state index contributed by atoms with van der Waals surface area (Å²) >= 11 is 0. The highest BCUT2D eigenvalue weighted by molar-refractivity contribution is 7.89. The molecule has 172 valence electrons. The zero-order chi connectivity index (χ0) is 23.3. The average Bonchev–Trinajstić information content (AvgIpc) is 3.56. The molecule has 0 radical (unpaired) electrons. The van der Waals surface area contributed by atoms with E-state index in [1.807, 2.05) is 11.5 Å². The molecule has 0 spiro atoms. The maximum Gasteiger partial charge on any atom is 0.265 e. The number of rotatable bonds is 7. The Morgan fingerprint density at radius 3 is 2.48 bits per heavy atom. The van der Waals surface area contributed by atoms with Crippen LogP contribution in [0.5, 0.6) is 0 Å². The Morgan fingerprint density at radius 1 is 1.18 bits per heavy atom. The van der Waals surface area contributed by atoms with E-state index in [9.17, 15) is 22.5 Å². The van der Waals surface area contributed by atoms with Crippen LogP contribution >= 0.6 is 0 Å². The number of sulfonamides is 1. The van der Waals surface area contributed by atoms with E-state index >= 15 is 0 Å². The third kappa shape index (κ3) is 3.89. The molecule has 2 saturated carbocycles. The van der Waals surface area contributed by atoms with Crippen LogP contribution in [0.2, 0.25) is 0 Å². The van der Waals surface area contributed by atoms with Crippen LogP contribution in [-0.4, -0.2) is 29.0 Å². The Labute approximate surface area is 190 Å². The van der Waals surface area contributed by atoms with Gasteiger partial charge in [0.15, 0.2) is 0 Å². The van der Waals surface area contributed by atoms with Crippen LogP contribution < -0.4 is 4.72 Å². The van der Waals surface area contributed by atoms with E-state index in [0.717, 1.165) is 38.3 Å². The highest BCUT2D eigenvalue weighted by atomic mass is 32.2. The standard InChI is InChI=1S/C23H23F2N5O2S/c1-13(14-5-6-14)29-33(31,32)17-7-8-20(27-12-17)21-19(10-26)18-9-15(22(24)25)11-28-23(18)30(21)16-3-2-4-16/h7-9,11-14,16,22,29H,2-6H2,1H3/t13-/m0/s1. The molecule has 1 atom stereocenters. The molecule has 2 aliphatic rings. The maximum absolute atomic E-state index is 13.3. The quantitative estimate of drug-likeness (QED) is 0.538. The van der Waals surface area contributed by atoms with E-state index < -0.39 is 16.4 Å². The summed E-state index contributed by atoms with van der Waals surface area (Å²) in [5.41, 5.74) is 1.33. The van der Waals surface area contributed by atoms with E-state index in [2.05, 4.69) is 20.8 Å². The van der Waals surface area contributed by atoms with Crippen molar-refractivity contribution >= 4 is 21.1 Å². The van der Waals surface area contributed by atoms with Crippen molar-refractivity contribution in [3.8, 4) is 17.5 Å². The number of hydrogen-bond acceptors (Lipinski definition) is 5. The van der Waals surface area contributed by atoms with Gasteiger partial charge in [0.05, 0.1) is 17.0 Å². The minimum Gasteiger partial charge on any atom is -0.320 e. The van der Waals surface area contributed by atoms with Gasteiger partial charge in [-0.25, -0.2) is 26.9 Å². The number of nitrogens with one attached hydrogen (secondary N) is 1. The van der Waals surface area contributed by atoms with Gasteiger partial charge in [0, 0.05) is 35.4 Å². The van der Waals surface area contributed by atoms with Crippen LogP contribution in [0.3, 0.4) is 0 Å². The van der Waals surface area contributed by atoms with E-state index in [0.29, 0.717) is 28.3 Å². The Balaban J connectivity index is 1.59. The maximum atomic E-state index is 13.3. The lowest BCUT2D eigenvalue weighted by Crippen LogP contribution is -2.34. The van der Waals surface area contributed by atoms with Gasteiger partial charge in [-0.15, -0.1) is 0 Å². The fourth-order valence-corrected chi connectivity index (χ4v) is 5.63. The largest absolute Gasteiger partial charge is 0.320 e. The molecule has 3 heterocycles. The second kappa shape index (κ2) is 8.15. The summed E-state index contributed by atoms with van der Waals surface area (Å²) in [4.78, 5) is 8.69. The molecule has 0 aromatic carbocycles.